The number of halogens is 1. The van der Waals surface area contributed by atoms with E-state index in [0.29, 0.717) is 47.7 Å². The van der Waals surface area contributed by atoms with Gasteiger partial charge in [0.2, 0.25) is 5.91 Å². The normalized spacial score (nSPS) is 23.5. The molecule has 4 atom stereocenters. The predicted molar refractivity (Wildman–Crippen MR) is 200 cm³/mol. The van der Waals surface area contributed by atoms with Gasteiger partial charge in [0.05, 0.1) is 51.0 Å². The van der Waals surface area contributed by atoms with Gasteiger partial charge in [-0.05, 0) is 47.5 Å². The molecule has 4 heterocycles. The van der Waals surface area contributed by atoms with Crippen molar-refractivity contribution in [3.05, 3.63) is 93.6 Å². The summed E-state index contributed by atoms with van der Waals surface area (Å²) in [5.74, 6) is 1.47. The standard InChI is InChI=1S/C38H41BClN4O8S/c1-48-27-9-5-23(6-10-27)20-50-30-14-13-29(31(40)34(30)51-21-24-7-11-28(49-2)12-8-24)35(45)42-15-17-44(16-3-4-26(44)18-42)19-25-22-53-37-32(41)36(46)43(37)33(25)38(47)52-39/h5-14,26,32,37H,3-4,15-22,41H2,1-2H3/q+1/t26-,32+,37+,44+/m0/s1. The van der Waals surface area contributed by atoms with E-state index in [-0.39, 0.29) is 52.9 Å². The van der Waals surface area contributed by atoms with Crippen molar-refractivity contribution in [2.24, 2.45) is 5.73 Å². The number of nitrogens with two attached hydrogens (primary N) is 1. The summed E-state index contributed by atoms with van der Waals surface area (Å²) in [6.45, 7) is 3.56. The predicted octanol–water partition coefficient (Wildman–Crippen LogP) is 4.07. The number of quaternary nitrogens is 1. The molecule has 0 aliphatic carbocycles. The lowest BCUT2D eigenvalue weighted by Crippen LogP contribution is -2.69. The number of rotatable bonds is 12. The number of hydrogen-bond donors (Lipinski definition) is 1. The molecule has 0 aromatic heterocycles. The molecule has 4 aliphatic rings. The summed E-state index contributed by atoms with van der Waals surface area (Å²) in [6.07, 6.45) is 1.89. The van der Waals surface area contributed by atoms with Crippen LogP contribution in [0.25, 0.3) is 0 Å². The lowest BCUT2D eigenvalue weighted by molar-refractivity contribution is -0.938. The fourth-order valence-electron chi connectivity index (χ4n) is 7.80. The molecule has 2 N–H and O–H groups in total. The number of amides is 2. The second kappa shape index (κ2) is 15.5. The lowest BCUT2D eigenvalue weighted by Gasteiger charge is -2.51. The molecule has 3 aromatic carbocycles. The van der Waals surface area contributed by atoms with Crippen molar-refractivity contribution in [3.8, 4) is 23.0 Å². The van der Waals surface area contributed by atoms with E-state index in [1.807, 2.05) is 53.4 Å². The molecule has 2 radical (unpaired) electrons. The van der Waals surface area contributed by atoms with Crippen LogP contribution in [0.4, 0.5) is 0 Å². The van der Waals surface area contributed by atoms with E-state index < -0.39 is 12.0 Å². The quantitative estimate of drug-likeness (QED) is 0.164. The van der Waals surface area contributed by atoms with Crippen molar-refractivity contribution < 1.29 is 42.5 Å². The summed E-state index contributed by atoms with van der Waals surface area (Å²) in [6, 6.07) is 18.0. The summed E-state index contributed by atoms with van der Waals surface area (Å²) in [5, 5.41) is -0.131. The Morgan fingerprint density at radius 2 is 1.62 bits per heavy atom. The van der Waals surface area contributed by atoms with Crippen LogP contribution in [0.15, 0.2) is 71.9 Å². The third kappa shape index (κ3) is 7.17. The van der Waals surface area contributed by atoms with Gasteiger partial charge in [-0.1, -0.05) is 35.9 Å². The highest BCUT2D eigenvalue weighted by Gasteiger charge is 2.54. The molecule has 3 aromatic rings. The monoisotopic (exact) mass is 759 g/mol. The van der Waals surface area contributed by atoms with Crippen LogP contribution in [-0.4, -0.2) is 110 Å². The molecule has 4 aliphatic heterocycles. The minimum absolute atomic E-state index is 0.129. The van der Waals surface area contributed by atoms with E-state index in [2.05, 4.69) is 4.65 Å². The average molecular weight is 760 g/mol. The maximum absolute atomic E-state index is 14.3. The molecule has 2 amide bonds. The number of methoxy groups -OCH3 is 2. The van der Waals surface area contributed by atoms with Gasteiger partial charge in [0.1, 0.15) is 54.4 Å². The molecule has 276 valence electrons. The Labute approximate surface area is 319 Å². The molecular formula is C38H41BClN4O8S+. The van der Waals surface area contributed by atoms with Gasteiger partial charge in [0.15, 0.2) is 11.5 Å². The number of ether oxygens (including phenoxy) is 4. The van der Waals surface area contributed by atoms with Crippen molar-refractivity contribution >= 4 is 49.2 Å². The summed E-state index contributed by atoms with van der Waals surface area (Å²) in [5.41, 5.74) is 9.18. The van der Waals surface area contributed by atoms with Gasteiger partial charge in [0.25, 0.3) is 5.91 Å². The molecule has 3 fully saturated rings. The third-order valence-corrected chi connectivity index (χ3v) is 12.5. The van der Waals surface area contributed by atoms with Crippen LogP contribution >= 0.6 is 23.4 Å². The van der Waals surface area contributed by atoms with E-state index in [9.17, 15) is 14.4 Å². The van der Waals surface area contributed by atoms with Gasteiger partial charge in [-0.3, -0.25) is 14.5 Å². The van der Waals surface area contributed by atoms with Crippen molar-refractivity contribution in [2.45, 2.75) is 43.5 Å². The molecular weight excluding hydrogens is 719 g/mol. The largest absolute Gasteiger partial charge is 0.539 e. The highest BCUT2D eigenvalue weighted by atomic mass is 35.5. The molecule has 7 rings (SSSR count). The molecule has 0 spiro atoms. The van der Waals surface area contributed by atoms with Gasteiger partial charge < -0.3 is 38.7 Å². The Balaban J connectivity index is 1.11. The van der Waals surface area contributed by atoms with Crippen LogP contribution in [0.1, 0.15) is 34.3 Å². The van der Waals surface area contributed by atoms with Crippen LogP contribution in [0.3, 0.4) is 0 Å². The first-order chi connectivity index (χ1) is 25.7. The molecule has 3 saturated heterocycles. The molecule has 0 bridgehead atoms. The zero-order chi connectivity index (χ0) is 37.3. The maximum Gasteiger partial charge on any atom is 0.378 e. The Hall–Kier alpha value is -4.37. The van der Waals surface area contributed by atoms with Gasteiger partial charge in [0, 0.05) is 24.2 Å². The number of β-lactam (4-membered cyclic amide) rings is 1. The van der Waals surface area contributed by atoms with Crippen LogP contribution in [0, 0.1) is 0 Å². The second-order valence-corrected chi connectivity index (χ2v) is 15.2. The SMILES string of the molecule is [B]OC(=O)C1=C(C[N@+]23CCC[C@H]2CN(C(=O)c2ccc(OCc4ccc(OC)cc4)c(OCc4ccc(OC)cc4)c2Cl)CC3)CS[C@@H]2[C@H](N)C(=O)N12. The minimum Gasteiger partial charge on any atom is -0.539 e. The zero-order valence-electron chi connectivity index (χ0n) is 29.6. The minimum atomic E-state index is -0.732. The second-order valence-electron chi connectivity index (χ2n) is 13.7. The zero-order valence-corrected chi connectivity index (χ0v) is 31.2. The van der Waals surface area contributed by atoms with Crippen LogP contribution < -0.4 is 24.7 Å². The Bertz CT molecular complexity index is 1910. The molecule has 53 heavy (non-hydrogen) atoms. The van der Waals surface area contributed by atoms with E-state index in [1.165, 1.54) is 4.90 Å². The van der Waals surface area contributed by atoms with E-state index >= 15 is 0 Å². The van der Waals surface area contributed by atoms with Gasteiger partial charge in [-0.15, -0.1) is 11.8 Å². The first kappa shape index (κ1) is 37.0. The highest BCUT2D eigenvalue weighted by molar-refractivity contribution is 8.00. The van der Waals surface area contributed by atoms with Gasteiger partial charge in [-0.2, -0.15) is 0 Å². The van der Waals surface area contributed by atoms with Crippen LogP contribution in [-0.2, 0) is 27.5 Å². The Kier molecular flexibility index (Phi) is 10.8. The molecule has 12 nitrogen and oxygen atoms in total. The van der Waals surface area contributed by atoms with Gasteiger partial charge in [-0.25, -0.2) is 4.79 Å². The van der Waals surface area contributed by atoms with Crippen molar-refractivity contribution in [3.63, 3.8) is 0 Å². The number of hydrogen-bond acceptors (Lipinski definition) is 10. The summed E-state index contributed by atoms with van der Waals surface area (Å²) >= 11 is 8.60. The number of carbonyl (C=O) groups excluding carboxylic acids is 3. The number of thioether (sulfide) groups is 1. The van der Waals surface area contributed by atoms with Crippen LogP contribution in [0.5, 0.6) is 23.0 Å². The lowest BCUT2D eigenvalue weighted by atomic mass is 10.0. The highest BCUT2D eigenvalue weighted by Crippen LogP contribution is 2.43. The van der Waals surface area contributed by atoms with Gasteiger partial charge >= 0.3 is 14.0 Å². The maximum atomic E-state index is 14.3. The van der Waals surface area contributed by atoms with Crippen molar-refractivity contribution in [1.29, 1.82) is 0 Å². The fraction of sp³-hybridized carbons (Fsp3) is 0.395. The van der Waals surface area contributed by atoms with E-state index in [4.69, 9.17) is 44.3 Å². The summed E-state index contributed by atoms with van der Waals surface area (Å²) in [7, 11) is 8.55. The number of nitrogens with zero attached hydrogens (tertiary/aromatic N) is 3. The fourth-order valence-corrected chi connectivity index (χ4v) is 9.38. The Morgan fingerprint density at radius 1 is 0.962 bits per heavy atom. The number of fused-ring (bicyclic) bond motifs is 2. The van der Waals surface area contributed by atoms with Crippen molar-refractivity contribution in [2.75, 3.05) is 52.7 Å². The topological polar surface area (TPSA) is 130 Å². The average Bonchev–Trinajstić information content (AvgIpc) is 3.61. The van der Waals surface area contributed by atoms with Crippen molar-refractivity contribution in [1.82, 2.24) is 9.80 Å². The number of carbonyl (C=O) groups is 3. The molecule has 0 saturated carbocycles. The molecule has 15 heteroatoms. The smallest absolute Gasteiger partial charge is 0.378 e. The number of benzene rings is 3. The third-order valence-electron chi connectivity index (χ3n) is 10.7. The van der Waals surface area contributed by atoms with E-state index in [0.717, 1.165) is 47.6 Å². The summed E-state index contributed by atoms with van der Waals surface area (Å²) in [4.78, 5) is 43.1. The van der Waals surface area contributed by atoms with E-state index in [1.54, 1.807) is 38.1 Å². The van der Waals surface area contributed by atoms with Crippen LogP contribution in [0.2, 0.25) is 5.02 Å². The molecule has 0 unspecified atom stereocenters. The first-order valence-corrected chi connectivity index (χ1v) is 18.9. The summed E-state index contributed by atoms with van der Waals surface area (Å²) < 4.78 is 28.4. The number of piperazine rings is 1. The first-order valence-electron chi connectivity index (χ1n) is 17.5. The Morgan fingerprint density at radius 3 is 2.26 bits per heavy atom.